The fourth-order valence-corrected chi connectivity index (χ4v) is 0.946. The SMILES string of the molecule is CCCCC(=O)OCCNC(=O)NCC. The number of carbonyl (C=O) groups is 2. The number of hydrogen-bond acceptors (Lipinski definition) is 3. The number of unbranched alkanes of at least 4 members (excludes halogenated alkanes) is 1. The summed E-state index contributed by atoms with van der Waals surface area (Å²) in [5, 5.41) is 5.15. The van der Waals surface area contributed by atoms with E-state index in [0.29, 0.717) is 19.5 Å². The van der Waals surface area contributed by atoms with Crippen molar-refractivity contribution in [2.24, 2.45) is 0 Å². The second kappa shape index (κ2) is 9.30. The Morgan fingerprint density at radius 3 is 2.53 bits per heavy atom. The van der Waals surface area contributed by atoms with Gasteiger partial charge in [-0.2, -0.15) is 0 Å². The molecule has 0 aromatic carbocycles. The van der Waals surface area contributed by atoms with Crippen molar-refractivity contribution in [1.82, 2.24) is 10.6 Å². The summed E-state index contributed by atoms with van der Waals surface area (Å²) >= 11 is 0. The molecule has 0 spiro atoms. The van der Waals surface area contributed by atoms with E-state index in [-0.39, 0.29) is 18.6 Å². The molecule has 5 nitrogen and oxygen atoms in total. The monoisotopic (exact) mass is 216 g/mol. The smallest absolute Gasteiger partial charge is 0.314 e. The molecule has 0 rings (SSSR count). The van der Waals surface area contributed by atoms with Gasteiger partial charge < -0.3 is 15.4 Å². The van der Waals surface area contributed by atoms with Gasteiger partial charge in [0.15, 0.2) is 0 Å². The van der Waals surface area contributed by atoms with E-state index in [1.54, 1.807) is 0 Å². The molecule has 0 heterocycles. The fourth-order valence-electron chi connectivity index (χ4n) is 0.946. The topological polar surface area (TPSA) is 67.4 Å². The highest BCUT2D eigenvalue weighted by Gasteiger charge is 2.01. The predicted octanol–water partition coefficient (Wildman–Crippen LogP) is 1.04. The quantitative estimate of drug-likeness (QED) is 0.493. The Balaban J connectivity index is 3.30. The van der Waals surface area contributed by atoms with Crippen LogP contribution in [0.1, 0.15) is 33.1 Å². The molecule has 0 aromatic rings. The summed E-state index contributed by atoms with van der Waals surface area (Å²) in [6, 6.07) is -0.234. The van der Waals surface area contributed by atoms with Crippen molar-refractivity contribution in [3.63, 3.8) is 0 Å². The zero-order valence-electron chi connectivity index (χ0n) is 9.47. The maximum atomic E-state index is 11.0. The van der Waals surface area contributed by atoms with E-state index in [2.05, 4.69) is 10.6 Å². The average Bonchev–Trinajstić information content (AvgIpc) is 2.22. The van der Waals surface area contributed by atoms with Crippen molar-refractivity contribution in [3.05, 3.63) is 0 Å². The van der Waals surface area contributed by atoms with Gasteiger partial charge in [-0.25, -0.2) is 4.79 Å². The van der Waals surface area contributed by atoms with Gasteiger partial charge in [-0.3, -0.25) is 4.79 Å². The Labute approximate surface area is 90.6 Å². The van der Waals surface area contributed by atoms with Crippen LogP contribution in [-0.4, -0.2) is 31.7 Å². The van der Waals surface area contributed by atoms with E-state index >= 15 is 0 Å². The van der Waals surface area contributed by atoms with Gasteiger partial charge in [-0.15, -0.1) is 0 Å². The molecule has 0 aromatic heterocycles. The van der Waals surface area contributed by atoms with E-state index in [0.717, 1.165) is 12.8 Å². The predicted molar refractivity (Wildman–Crippen MR) is 57.6 cm³/mol. The van der Waals surface area contributed by atoms with Gasteiger partial charge in [0.05, 0.1) is 6.54 Å². The highest BCUT2D eigenvalue weighted by Crippen LogP contribution is 1.95. The molecule has 0 fully saturated rings. The zero-order valence-corrected chi connectivity index (χ0v) is 9.47. The molecule has 88 valence electrons. The van der Waals surface area contributed by atoms with Gasteiger partial charge in [0.25, 0.3) is 0 Å². The van der Waals surface area contributed by atoms with Crippen LogP contribution in [0, 0.1) is 0 Å². The normalized spacial score (nSPS) is 9.47. The molecule has 0 radical (unpaired) electrons. The van der Waals surface area contributed by atoms with Crippen molar-refractivity contribution in [1.29, 1.82) is 0 Å². The minimum Gasteiger partial charge on any atom is -0.464 e. The van der Waals surface area contributed by atoms with E-state index in [4.69, 9.17) is 4.74 Å². The number of amides is 2. The molecule has 0 aliphatic carbocycles. The Hall–Kier alpha value is -1.26. The molecule has 0 atom stereocenters. The van der Waals surface area contributed by atoms with Gasteiger partial charge in [-0.05, 0) is 13.3 Å². The van der Waals surface area contributed by atoms with Crippen LogP contribution in [0.15, 0.2) is 0 Å². The minimum atomic E-state index is -0.234. The maximum Gasteiger partial charge on any atom is 0.314 e. The number of ether oxygens (including phenoxy) is 1. The standard InChI is InChI=1S/C10H20N2O3/c1-3-5-6-9(13)15-8-7-12-10(14)11-4-2/h3-8H2,1-2H3,(H2,11,12,14). The van der Waals surface area contributed by atoms with Gasteiger partial charge in [0.2, 0.25) is 0 Å². The third-order valence-electron chi connectivity index (χ3n) is 1.72. The molecule has 2 N–H and O–H groups in total. The first kappa shape index (κ1) is 13.7. The third kappa shape index (κ3) is 9.05. The first-order chi connectivity index (χ1) is 7.20. The first-order valence-electron chi connectivity index (χ1n) is 5.38. The highest BCUT2D eigenvalue weighted by atomic mass is 16.5. The molecule has 0 aliphatic heterocycles. The molecule has 0 bridgehead atoms. The second-order valence-electron chi connectivity index (χ2n) is 3.11. The molecule has 15 heavy (non-hydrogen) atoms. The Bertz CT molecular complexity index is 195. The number of carbonyl (C=O) groups excluding carboxylic acids is 2. The number of esters is 1. The van der Waals surface area contributed by atoms with Gasteiger partial charge in [0.1, 0.15) is 6.61 Å². The third-order valence-corrected chi connectivity index (χ3v) is 1.72. The largest absolute Gasteiger partial charge is 0.464 e. The van der Waals surface area contributed by atoms with Gasteiger partial charge in [-0.1, -0.05) is 13.3 Å². The van der Waals surface area contributed by atoms with E-state index < -0.39 is 0 Å². The van der Waals surface area contributed by atoms with Crippen LogP contribution in [0.5, 0.6) is 0 Å². The Morgan fingerprint density at radius 2 is 1.93 bits per heavy atom. The minimum absolute atomic E-state index is 0.199. The van der Waals surface area contributed by atoms with Gasteiger partial charge >= 0.3 is 12.0 Å². The number of rotatable bonds is 7. The summed E-state index contributed by atoms with van der Waals surface area (Å²) in [4.78, 5) is 21.9. The van der Waals surface area contributed by atoms with Crippen molar-refractivity contribution in [3.8, 4) is 0 Å². The molecule has 0 unspecified atom stereocenters. The summed E-state index contributed by atoms with van der Waals surface area (Å²) in [6.07, 6.45) is 2.28. The fraction of sp³-hybridized carbons (Fsp3) is 0.800. The van der Waals surface area contributed by atoms with Crippen LogP contribution < -0.4 is 10.6 Å². The number of hydrogen-bond donors (Lipinski definition) is 2. The van der Waals surface area contributed by atoms with E-state index in [1.807, 2.05) is 13.8 Å². The molecule has 5 heteroatoms. The second-order valence-corrected chi connectivity index (χ2v) is 3.11. The lowest BCUT2D eigenvalue weighted by Gasteiger charge is -2.06. The summed E-state index contributed by atoms with van der Waals surface area (Å²) < 4.78 is 4.89. The average molecular weight is 216 g/mol. The maximum absolute atomic E-state index is 11.0. The summed E-state index contributed by atoms with van der Waals surface area (Å²) in [5.74, 6) is -0.199. The Kier molecular flexibility index (Phi) is 8.52. The van der Waals surface area contributed by atoms with Crippen LogP contribution >= 0.6 is 0 Å². The van der Waals surface area contributed by atoms with Crippen molar-refractivity contribution < 1.29 is 14.3 Å². The summed E-state index contributed by atoms with van der Waals surface area (Å²) in [5.41, 5.74) is 0. The van der Waals surface area contributed by atoms with Crippen molar-refractivity contribution >= 4 is 12.0 Å². The van der Waals surface area contributed by atoms with Crippen LogP contribution in [-0.2, 0) is 9.53 Å². The van der Waals surface area contributed by atoms with E-state index in [9.17, 15) is 9.59 Å². The number of urea groups is 1. The van der Waals surface area contributed by atoms with Crippen molar-refractivity contribution in [2.45, 2.75) is 33.1 Å². The van der Waals surface area contributed by atoms with Crippen molar-refractivity contribution in [2.75, 3.05) is 19.7 Å². The first-order valence-corrected chi connectivity index (χ1v) is 5.38. The molecule has 0 aliphatic rings. The molecule has 0 saturated heterocycles. The highest BCUT2D eigenvalue weighted by molar-refractivity contribution is 5.73. The molecule has 0 saturated carbocycles. The van der Waals surface area contributed by atoms with Gasteiger partial charge in [0, 0.05) is 13.0 Å². The lowest BCUT2D eigenvalue weighted by atomic mass is 10.2. The zero-order chi connectivity index (χ0) is 11.5. The Morgan fingerprint density at radius 1 is 1.20 bits per heavy atom. The van der Waals surface area contributed by atoms with Crippen LogP contribution in [0.2, 0.25) is 0 Å². The van der Waals surface area contributed by atoms with Crippen LogP contribution in [0.4, 0.5) is 4.79 Å². The summed E-state index contributed by atoms with van der Waals surface area (Å²) in [7, 11) is 0. The van der Waals surface area contributed by atoms with Crippen LogP contribution in [0.3, 0.4) is 0 Å². The lowest BCUT2D eigenvalue weighted by molar-refractivity contribution is -0.143. The van der Waals surface area contributed by atoms with E-state index in [1.165, 1.54) is 0 Å². The lowest BCUT2D eigenvalue weighted by Crippen LogP contribution is -2.37. The molecule has 2 amide bonds. The molecular weight excluding hydrogens is 196 g/mol. The van der Waals surface area contributed by atoms with Crippen LogP contribution in [0.25, 0.3) is 0 Å². The number of nitrogens with one attached hydrogen (secondary N) is 2. The summed E-state index contributed by atoms with van der Waals surface area (Å²) in [6.45, 7) is 5.03. The molecular formula is C10H20N2O3.